The van der Waals surface area contributed by atoms with Crippen LogP contribution in [0.25, 0.3) is 0 Å². The quantitative estimate of drug-likeness (QED) is 0.462. The second-order valence-corrected chi connectivity index (χ2v) is 12.4. The molecular weight excluding hydrogens is 384 g/mol. The van der Waals surface area contributed by atoms with Gasteiger partial charge >= 0.3 is 0 Å². The summed E-state index contributed by atoms with van der Waals surface area (Å²) in [5.41, 5.74) is 0.103. The van der Waals surface area contributed by atoms with Crippen molar-refractivity contribution in [2.45, 2.75) is 96.6 Å². The molecule has 0 amide bonds. The topological polar surface area (TPSA) is 71.4 Å². The molecule has 4 aliphatic carbocycles. The molecule has 0 heterocycles. The summed E-state index contributed by atoms with van der Waals surface area (Å²) >= 11 is 0. The van der Waals surface area contributed by atoms with E-state index in [9.17, 15) is 17.8 Å². The van der Waals surface area contributed by atoms with Crippen molar-refractivity contribution in [2.75, 3.05) is 0 Å². The van der Waals surface area contributed by atoms with Crippen molar-refractivity contribution in [1.82, 2.24) is 0 Å². The highest BCUT2D eigenvalue weighted by Gasteiger charge is 2.60. The number of hydrogen-bond donors (Lipinski definition) is 1. The lowest BCUT2D eigenvalue weighted by Gasteiger charge is -2.61. The largest absolute Gasteiger partial charge is 0.303 e. The van der Waals surface area contributed by atoms with Crippen LogP contribution in [0.15, 0.2) is 0 Å². The Labute approximate surface area is 183 Å². The van der Waals surface area contributed by atoms with Crippen LogP contribution in [0.4, 0.5) is 0 Å². The average molecular weight is 429 g/mol. The molecule has 9 atom stereocenters. The van der Waals surface area contributed by atoms with Gasteiger partial charge in [0.05, 0.1) is 6.60 Å². The molecular formula is C24H40O4S. The van der Waals surface area contributed by atoms with Gasteiger partial charge in [-0.1, -0.05) is 33.6 Å². The zero-order valence-corrected chi connectivity index (χ0v) is 18.9. The van der Waals surface area contributed by atoms with Gasteiger partial charge < -0.3 is 4.79 Å². The van der Waals surface area contributed by atoms with E-state index >= 15 is 0 Å². The van der Waals surface area contributed by atoms with E-state index in [-0.39, 0.29) is 11.3 Å². The lowest BCUT2D eigenvalue weighted by molar-refractivity contribution is -0.115. The molecule has 1 N–H and O–H groups in total. The summed E-state index contributed by atoms with van der Waals surface area (Å²) in [6.07, 6.45) is 6.09. The van der Waals surface area contributed by atoms with E-state index in [1.165, 1.54) is 45.4 Å². The maximum absolute atomic E-state index is 12.4. The molecule has 0 aromatic rings. The van der Waals surface area contributed by atoms with Crippen LogP contribution in [0.2, 0.25) is 0 Å². The second kappa shape index (κ2) is 7.62. The third-order valence-electron chi connectivity index (χ3n) is 10.1. The lowest BCUT2D eigenvalue weighted by atomic mass is 9.44. The van der Waals surface area contributed by atoms with E-state index in [1.807, 2.05) is 0 Å². The van der Waals surface area contributed by atoms with Gasteiger partial charge in [-0.15, -0.1) is 0 Å². The first-order valence-corrected chi connectivity index (χ1v) is 13.0. The zero-order valence-electron chi connectivity index (χ0n) is 22.1. The van der Waals surface area contributed by atoms with Gasteiger partial charge in [0.25, 0.3) is 10.1 Å². The summed E-state index contributed by atoms with van der Waals surface area (Å²) in [6, 6.07) is 0. The molecule has 4 nitrogen and oxygen atoms in total. The second-order valence-electron chi connectivity index (χ2n) is 11.0. The fraction of sp³-hybridized carbons (Fsp3) is 0.958. The van der Waals surface area contributed by atoms with Gasteiger partial charge in [0.2, 0.25) is 0 Å². The molecule has 166 valence electrons. The molecule has 0 radical (unpaired) electrons. The Morgan fingerprint density at radius 3 is 2.52 bits per heavy atom. The van der Waals surface area contributed by atoms with Gasteiger partial charge in [0.1, 0.15) is 7.63 Å². The van der Waals surface area contributed by atoms with Crippen molar-refractivity contribution in [3.63, 3.8) is 0 Å². The predicted molar refractivity (Wildman–Crippen MR) is 115 cm³/mol. The predicted octanol–water partition coefficient (Wildman–Crippen LogP) is 5.52. The molecule has 0 saturated heterocycles. The summed E-state index contributed by atoms with van der Waals surface area (Å²) in [4.78, 5) is 11.8. The Bertz CT molecular complexity index is 910. The number of rotatable bonds is 5. The highest BCUT2D eigenvalue weighted by molar-refractivity contribution is 7.86. The number of carbonyl (C=O) groups is 1. The number of fused-ring (bicyclic) bond motifs is 5. The molecule has 0 aliphatic heterocycles. The number of carbonyl (C=O) groups excluding carboxylic acids is 1. The highest BCUT2D eigenvalue weighted by Crippen LogP contribution is 2.68. The third-order valence-corrected chi connectivity index (χ3v) is 11.2. The standard InChI is InChI=1S/C24H40O4S/c1-16(22(12-15-25)29(26,27)28)19-9-10-20-18-8-7-17-6-4-5-13-23(17,2)21(18)11-14-24(19,20)3/h15-22H,4-14H2,1-3H3,(H,26,27,28)/t16-,17?,18-,19+,20-,21-,22?,23-,24+/m0/s1/i12D2,15D,22D. The van der Waals surface area contributed by atoms with Crippen LogP contribution >= 0.6 is 0 Å². The number of aldehydes is 1. The van der Waals surface area contributed by atoms with Gasteiger partial charge in [-0.2, -0.15) is 8.42 Å². The van der Waals surface area contributed by atoms with Crippen molar-refractivity contribution < 1.29 is 23.2 Å². The monoisotopic (exact) mass is 428 g/mol. The fourth-order valence-electron chi connectivity index (χ4n) is 8.80. The normalized spacial score (nSPS) is 50.4. The van der Waals surface area contributed by atoms with Crippen molar-refractivity contribution in [3.05, 3.63) is 0 Å². The van der Waals surface area contributed by atoms with E-state index in [1.54, 1.807) is 0 Å². The minimum atomic E-state index is -5.27. The fourth-order valence-corrected chi connectivity index (χ4v) is 9.61. The SMILES string of the molecule is [2H]C(=O)C([2H])([2H])C([2H])([C@@H](C)[C@H]1CC[C@H]2[C@@H]3CCC4CCCC[C@]4(C)[C@H]3CC[C@]12C)S(=O)(=O)O. The molecule has 2 unspecified atom stereocenters. The summed E-state index contributed by atoms with van der Waals surface area (Å²) in [7, 11) is -5.27. The van der Waals surface area contributed by atoms with E-state index in [2.05, 4.69) is 13.8 Å². The van der Waals surface area contributed by atoms with Gasteiger partial charge in [0.15, 0.2) is 0 Å². The molecule has 4 rings (SSSR count). The molecule has 29 heavy (non-hydrogen) atoms. The maximum Gasteiger partial charge on any atom is 0.268 e. The molecule has 0 aromatic carbocycles. The summed E-state index contributed by atoms with van der Waals surface area (Å²) < 4.78 is 66.9. The molecule has 0 aromatic heterocycles. The Morgan fingerprint density at radius 2 is 1.83 bits per heavy atom. The Hall–Kier alpha value is -0.420. The number of hydrogen-bond acceptors (Lipinski definition) is 3. The zero-order chi connectivity index (χ0) is 24.6. The van der Waals surface area contributed by atoms with E-state index in [0.29, 0.717) is 29.6 Å². The van der Waals surface area contributed by atoms with E-state index in [4.69, 9.17) is 5.48 Å². The highest BCUT2D eigenvalue weighted by atomic mass is 32.2. The van der Waals surface area contributed by atoms with Crippen LogP contribution in [0, 0.1) is 46.3 Å². The Morgan fingerprint density at radius 1 is 1.10 bits per heavy atom. The summed E-state index contributed by atoms with van der Waals surface area (Å²) in [5.74, 6) is 0.961. The van der Waals surface area contributed by atoms with Crippen LogP contribution in [0.1, 0.15) is 96.8 Å². The minimum absolute atomic E-state index is 0.267. The van der Waals surface area contributed by atoms with Crippen LogP contribution in [-0.4, -0.2) is 24.5 Å². The van der Waals surface area contributed by atoms with E-state index < -0.39 is 33.9 Å². The van der Waals surface area contributed by atoms with Gasteiger partial charge in [-0.3, -0.25) is 4.55 Å². The van der Waals surface area contributed by atoms with Gasteiger partial charge in [0, 0.05) is 9.11 Å². The summed E-state index contributed by atoms with van der Waals surface area (Å²) in [6.45, 7) is 6.15. The van der Waals surface area contributed by atoms with Crippen molar-refractivity contribution in [3.8, 4) is 0 Å². The van der Waals surface area contributed by atoms with E-state index in [0.717, 1.165) is 25.2 Å². The molecule has 4 aliphatic rings. The van der Waals surface area contributed by atoms with Gasteiger partial charge in [-0.05, 0) is 97.7 Å². The van der Waals surface area contributed by atoms with Crippen LogP contribution < -0.4 is 0 Å². The van der Waals surface area contributed by atoms with Gasteiger partial charge in [-0.25, -0.2) is 0 Å². The Balaban J connectivity index is 1.67. The molecule has 4 fully saturated rings. The Kier molecular flexibility index (Phi) is 4.51. The molecule has 0 spiro atoms. The first-order chi connectivity index (χ1) is 15.1. The van der Waals surface area contributed by atoms with Crippen molar-refractivity contribution in [1.29, 1.82) is 0 Å². The lowest BCUT2D eigenvalue weighted by Crippen LogP contribution is -2.53. The van der Waals surface area contributed by atoms with Crippen molar-refractivity contribution >= 4 is 16.4 Å². The average Bonchev–Trinajstić information content (AvgIpc) is 3.08. The summed E-state index contributed by atoms with van der Waals surface area (Å²) in [5, 5.41) is -3.11. The molecule has 5 heteroatoms. The molecule has 0 bridgehead atoms. The third kappa shape index (κ3) is 3.43. The van der Waals surface area contributed by atoms with Crippen molar-refractivity contribution in [2.24, 2.45) is 46.3 Å². The van der Waals surface area contributed by atoms with Crippen LogP contribution in [0.5, 0.6) is 0 Å². The minimum Gasteiger partial charge on any atom is -0.303 e. The maximum atomic E-state index is 12.4. The van der Waals surface area contributed by atoms with Crippen LogP contribution in [-0.2, 0) is 14.9 Å². The first kappa shape index (κ1) is 17.2. The smallest absolute Gasteiger partial charge is 0.268 e. The first-order valence-electron chi connectivity index (χ1n) is 13.6. The molecule has 4 saturated carbocycles. The van der Waals surface area contributed by atoms with Crippen LogP contribution in [0.3, 0.4) is 0 Å².